The number of hydrogen-bond acceptors (Lipinski definition) is 5. The molecule has 2 atom stereocenters. The maximum atomic E-state index is 5.43. The molecule has 3 heterocycles. The fourth-order valence-corrected chi connectivity index (χ4v) is 3.94. The summed E-state index contributed by atoms with van der Waals surface area (Å²) in [6.45, 7) is 3.12. The predicted molar refractivity (Wildman–Crippen MR) is 82.9 cm³/mol. The van der Waals surface area contributed by atoms with Crippen LogP contribution in [-0.2, 0) is 6.54 Å². The SMILES string of the molecule is c1cncc(-c2noc(CN3CC[C@@H]4CCCC[C@@H]4C3)n2)c1. The van der Waals surface area contributed by atoms with Gasteiger partial charge < -0.3 is 4.52 Å². The van der Waals surface area contributed by atoms with E-state index in [1.54, 1.807) is 12.4 Å². The van der Waals surface area contributed by atoms with E-state index in [0.29, 0.717) is 11.7 Å². The van der Waals surface area contributed by atoms with E-state index in [2.05, 4.69) is 20.0 Å². The summed E-state index contributed by atoms with van der Waals surface area (Å²) in [6, 6.07) is 3.84. The molecular formula is C17H22N4O. The van der Waals surface area contributed by atoms with E-state index in [1.165, 1.54) is 38.6 Å². The van der Waals surface area contributed by atoms with Crippen molar-refractivity contribution in [3.05, 3.63) is 30.4 Å². The van der Waals surface area contributed by atoms with Gasteiger partial charge in [-0.3, -0.25) is 9.88 Å². The minimum absolute atomic E-state index is 0.635. The predicted octanol–water partition coefficient (Wildman–Crippen LogP) is 3.14. The average Bonchev–Trinajstić information content (AvgIpc) is 3.04. The van der Waals surface area contributed by atoms with Crippen LogP contribution >= 0.6 is 0 Å². The fraction of sp³-hybridized carbons (Fsp3) is 0.588. The van der Waals surface area contributed by atoms with Gasteiger partial charge in [0.25, 0.3) is 0 Å². The molecule has 1 aliphatic carbocycles. The molecule has 0 unspecified atom stereocenters. The summed E-state index contributed by atoms with van der Waals surface area (Å²) in [5.41, 5.74) is 0.906. The Balaban J connectivity index is 1.40. The fourth-order valence-electron chi connectivity index (χ4n) is 3.94. The molecular weight excluding hydrogens is 276 g/mol. The third-order valence-electron chi connectivity index (χ3n) is 5.12. The lowest BCUT2D eigenvalue weighted by atomic mass is 9.75. The average molecular weight is 298 g/mol. The summed E-state index contributed by atoms with van der Waals surface area (Å²) in [6.07, 6.45) is 10.5. The van der Waals surface area contributed by atoms with E-state index in [0.717, 1.165) is 30.5 Å². The highest BCUT2D eigenvalue weighted by molar-refractivity contribution is 5.51. The summed E-state index contributed by atoms with van der Waals surface area (Å²) < 4.78 is 5.43. The minimum atomic E-state index is 0.635. The summed E-state index contributed by atoms with van der Waals surface area (Å²) in [4.78, 5) is 11.1. The third-order valence-corrected chi connectivity index (χ3v) is 5.12. The molecule has 4 rings (SSSR count). The third kappa shape index (κ3) is 2.90. The van der Waals surface area contributed by atoms with Crippen molar-refractivity contribution in [3.8, 4) is 11.4 Å². The van der Waals surface area contributed by atoms with Crippen LogP contribution in [0.2, 0.25) is 0 Å². The highest BCUT2D eigenvalue weighted by atomic mass is 16.5. The van der Waals surface area contributed by atoms with Crippen LogP contribution in [0.5, 0.6) is 0 Å². The Hall–Kier alpha value is -1.75. The molecule has 2 aromatic heterocycles. The van der Waals surface area contributed by atoms with Crippen molar-refractivity contribution in [1.82, 2.24) is 20.0 Å². The number of fused-ring (bicyclic) bond motifs is 1. The van der Waals surface area contributed by atoms with E-state index in [-0.39, 0.29) is 0 Å². The Bertz CT molecular complexity index is 612. The van der Waals surface area contributed by atoms with E-state index in [4.69, 9.17) is 4.52 Å². The standard InChI is InChI=1S/C17H22N4O/c1-2-5-15-11-21(9-7-13(15)4-1)12-16-19-17(20-22-16)14-6-3-8-18-10-14/h3,6,8,10,13,15H,1-2,4-5,7,9,11-12H2/t13-,15+/m0/s1. The van der Waals surface area contributed by atoms with Gasteiger partial charge in [-0.1, -0.05) is 24.4 Å². The van der Waals surface area contributed by atoms with Gasteiger partial charge in [0.2, 0.25) is 11.7 Å². The van der Waals surface area contributed by atoms with Gasteiger partial charge in [-0.25, -0.2) is 0 Å². The zero-order valence-corrected chi connectivity index (χ0v) is 12.8. The Morgan fingerprint density at radius 2 is 2.09 bits per heavy atom. The highest BCUT2D eigenvalue weighted by Crippen LogP contribution is 2.36. The van der Waals surface area contributed by atoms with E-state index in [1.807, 2.05) is 12.1 Å². The van der Waals surface area contributed by atoms with Crippen molar-refractivity contribution in [2.45, 2.75) is 38.6 Å². The van der Waals surface area contributed by atoms with Gasteiger partial charge in [-0.2, -0.15) is 4.98 Å². The molecule has 2 aromatic rings. The second kappa shape index (κ2) is 6.16. The maximum Gasteiger partial charge on any atom is 0.241 e. The van der Waals surface area contributed by atoms with E-state index >= 15 is 0 Å². The smallest absolute Gasteiger partial charge is 0.241 e. The van der Waals surface area contributed by atoms with Crippen molar-refractivity contribution in [2.24, 2.45) is 11.8 Å². The lowest BCUT2D eigenvalue weighted by molar-refractivity contribution is 0.0747. The van der Waals surface area contributed by atoms with Gasteiger partial charge in [0.15, 0.2) is 0 Å². The molecule has 2 aliphatic rings. The molecule has 22 heavy (non-hydrogen) atoms. The molecule has 0 amide bonds. The molecule has 0 N–H and O–H groups in total. The lowest BCUT2D eigenvalue weighted by Gasteiger charge is -2.40. The normalized spacial score (nSPS) is 25.8. The number of likely N-dealkylation sites (tertiary alicyclic amines) is 1. The number of pyridine rings is 1. The minimum Gasteiger partial charge on any atom is -0.338 e. The van der Waals surface area contributed by atoms with Crippen molar-refractivity contribution >= 4 is 0 Å². The van der Waals surface area contributed by atoms with Crippen LogP contribution in [0.15, 0.2) is 29.0 Å². The Morgan fingerprint density at radius 3 is 2.95 bits per heavy atom. The van der Waals surface area contributed by atoms with Gasteiger partial charge in [0.1, 0.15) is 0 Å². The van der Waals surface area contributed by atoms with Crippen LogP contribution in [-0.4, -0.2) is 33.1 Å². The Morgan fingerprint density at radius 1 is 1.18 bits per heavy atom. The van der Waals surface area contributed by atoms with Crippen LogP contribution in [0, 0.1) is 11.8 Å². The largest absolute Gasteiger partial charge is 0.338 e. The molecule has 0 spiro atoms. The first-order valence-electron chi connectivity index (χ1n) is 8.34. The number of nitrogens with zero attached hydrogens (tertiary/aromatic N) is 4. The van der Waals surface area contributed by atoms with Crippen molar-refractivity contribution in [2.75, 3.05) is 13.1 Å². The number of rotatable bonds is 3. The van der Waals surface area contributed by atoms with E-state index in [9.17, 15) is 0 Å². The van der Waals surface area contributed by atoms with Crippen LogP contribution in [0.25, 0.3) is 11.4 Å². The number of hydrogen-bond donors (Lipinski definition) is 0. The Labute approximate surface area is 130 Å². The molecule has 116 valence electrons. The zero-order chi connectivity index (χ0) is 14.8. The van der Waals surface area contributed by atoms with Gasteiger partial charge >= 0.3 is 0 Å². The summed E-state index contributed by atoms with van der Waals surface area (Å²) >= 11 is 0. The van der Waals surface area contributed by atoms with E-state index < -0.39 is 0 Å². The monoisotopic (exact) mass is 298 g/mol. The van der Waals surface area contributed by atoms with Crippen LogP contribution in [0.4, 0.5) is 0 Å². The molecule has 5 heteroatoms. The van der Waals surface area contributed by atoms with Gasteiger partial charge in [-0.05, 0) is 43.4 Å². The molecule has 1 saturated heterocycles. The molecule has 1 saturated carbocycles. The van der Waals surface area contributed by atoms with Crippen molar-refractivity contribution in [3.63, 3.8) is 0 Å². The van der Waals surface area contributed by atoms with Crippen molar-refractivity contribution in [1.29, 1.82) is 0 Å². The summed E-state index contributed by atoms with van der Waals surface area (Å²) in [5, 5.41) is 4.08. The molecule has 1 aliphatic heterocycles. The maximum absolute atomic E-state index is 5.43. The molecule has 0 radical (unpaired) electrons. The quantitative estimate of drug-likeness (QED) is 0.871. The summed E-state index contributed by atoms with van der Waals surface area (Å²) in [5.74, 6) is 3.19. The topological polar surface area (TPSA) is 55.1 Å². The first-order chi connectivity index (χ1) is 10.9. The molecule has 2 fully saturated rings. The van der Waals surface area contributed by atoms with Gasteiger partial charge in [0.05, 0.1) is 6.54 Å². The van der Waals surface area contributed by atoms with Crippen molar-refractivity contribution < 1.29 is 4.52 Å². The lowest BCUT2D eigenvalue weighted by Crippen LogP contribution is -2.41. The van der Waals surface area contributed by atoms with Gasteiger partial charge in [-0.15, -0.1) is 0 Å². The molecule has 5 nitrogen and oxygen atoms in total. The highest BCUT2D eigenvalue weighted by Gasteiger charge is 2.31. The first kappa shape index (κ1) is 13.9. The zero-order valence-electron chi connectivity index (χ0n) is 12.8. The Kier molecular flexibility index (Phi) is 3.89. The van der Waals surface area contributed by atoms with Gasteiger partial charge in [0, 0.05) is 24.5 Å². The molecule has 0 aromatic carbocycles. The summed E-state index contributed by atoms with van der Waals surface area (Å²) in [7, 11) is 0. The second-order valence-corrected chi connectivity index (χ2v) is 6.58. The molecule has 0 bridgehead atoms. The second-order valence-electron chi connectivity index (χ2n) is 6.58. The van der Waals surface area contributed by atoms with Crippen LogP contribution in [0.3, 0.4) is 0 Å². The van der Waals surface area contributed by atoms with Crippen LogP contribution in [0.1, 0.15) is 38.0 Å². The number of piperidine rings is 1. The number of aromatic nitrogens is 3. The van der Waals surface area contributed by atoms with Crippen LogP contribution < -0.4 is 0 Å². The first-order valence-corrected chi connectivity index (χ1v) is 8.34.